The first-order valence-electron chi connectivity index (χ1n) is 8.56. The van der Waals surface area contributed by atoms with Crippen LogP contribution in [0.3, 0.4) is 0 Å². The molecule has 0 amide bonds. The fraction of sp³-hybridized carbons (Fsp3) is 0. The number of ether oxygens (including phenoxy) is 2. The highest BCUT2D eigenvalue weighted by Gasteiger charge is 2.10. The number of hydrogen-bond donors (Lipinski definition) is 0. The number of rotatable bonds is 4. The summed E-state index contributed by atoms with van der Waals surface area (Å²) in [7, 11) is 0. The van der Waals surface area contributed by atoms with E-state index in [-0.39, 0.29) is 0 Å². The average molecular weight is 361 g/mol. The van der Waals surface area contributed by atoms with E-state index in [1.54, 1.807) is 54.6 Å². The van der Waals surface area contributed by atoms with Gasteiger partial charge in [0, 0.05) is 16.8 Å². The van der Waals surface area contributed by atoms with Crippen molar-refractivity contribution < 1.29 is 9.47 Å². The van der Waals surface area contributed by atoms with Gasteiger partial charge in [0.1, 0.15) is 23.0 Å². The molecule has 0 fully saturated rings. The zero-order chi connectivity index (χ0) is 19.3. The first-order valence-corrected chi connectivity index (χ1v) is 8.56. The second-order valence-electron chi connectivity index (χ2n) is 6.00. The summed E-state index contributed by atoms with van der Waals surface area (Å²) < 4.78 is 12.0. The summed E-state index contributed by atoms with van der Waals surface area (Å²) in [5, 5.41) is 19.6. The van der Waals surface area contributed by atoms with Gasteiger partial charge in [0.25, 0.3) is 0 Å². The zero-order valence-electron chi connectivity index (χ0n) is 14.7. The van der Waals surface area contributed by atoms with Gasteiger partial charge in [-0.15, -0.1) is 0 Å². The molecule has 28 heavy (non-hydrogen) atoms. The minimum Gasteiger partial charge on any atom is -0.457 e. The summed E-state index contributed by atoms with van der Waals surface area (Å²) in [6, 6.07) is 30.7. The topological polar surface area (TPSA) is 66.0 Å². The Morgan fingerprint density at radius 3 is 1.75 bits per heavy atom. The van der Waals surface area contributed by atoms with Crippen LogP contribution < -0.4 is 9.47 Å². The normalized spacial score (nSPS) is 10.1. The van der Waals surface area contributed by atoms with Crippen LogP contribution in [0.4, 0.5) is 0 Å². The molecule has 0 aromatic heterocycles. The van der Waals surface area contributed by atoms with E-state index in [2.05, 4.69) is 18.2 Å². The largest absolute Gasteiger partial charge is 0.457 e. The molecule has 0 spiro atoms. The average Bonchev–Trinajstić information content (AvgIpc) is 2.76. The number of hydrogen-bond acceptors (Lipinski definition) is 4. The van der Waals surface area contributed by atoms with E-state index in [9.17, 15) is 0 Å². The van der Waals surface area contributed by atoms with E-state index in [1.165, 1.54) is 0 Å². The third-order valence-electron chi connectivity index (χ3n) is 4.19. The Hall–Kier alpha value is -4.28. The van der Waals surface area contributed by atoms with E-state index < -0.39 is 0 Å². The van der Waals surface area contributed by atoms with Gasteiger partial charge < -0.3 is 9.47 Å². The molecule has 0 N–H and O–H groups in total. The monoisotopic (exact) mass is 361 g/mol. The van der Waals surface area contributed by atoms with Crippen LogP contribution in [0.1, 0.15) is 11.1 Å². The summed E-state index contributed by atoms with van der Waals surface area (Å²) in [6.45, 7) is 0. The van der Waals surface area contributed by atoms with Gasteiger partial charge in [0.15, 0.2) is 0 Å². The van der Waals surface area contributed by atoms with Crippen LogP contribution in [0.5, 0.6) is 23.0 Å². The van der Waals surface area contributed by atoms with Gasteiger partial charge in [-0.3, -0.25) is 0 Å². The number of nitrogens with zero attached hydrogens (tertiary/aromatic N) is 2. The molecule has 4 nitrogen and oxygen atoms in total. The number of benzene rings is 4. The van der Waals surface area contributed by atoms with Gasteiger partial charge in [0.05, 0.1) is 23.3 Å². The molecule has 0 bridgehead atoms. The minimum atomic E-state index is 0.576. The molecule has 0 saturated heterocycles. The highest BCUT2D eigenvalue weighted by Crippen LogP contribution is 2.37. The SMILES string of the molecule is N#Cc1ccc(Oc2[c]cc(Oc3ccc(C#N)cc3)c3ccccc23)cc1. The van der Waals surface area contributed by atoms with Crippen molar-refractivity contribution in [3.8, 4) is 35.1 Å². The lowest BCUT2D eigenvalue weighted by atomic mass is 10.1. The van der Waals surface area contributed by atoms with Crippen molar-refractivity contribution in [2.45, 2.75) is 0 Å². The van der Waals surface area contributed by atoms with E-state index in [0.29, 0.717) is 34.1 Å². The molecule has 4 aromatic rings. The maximum atomic E-state index is 8.91. The molecule has 0 aliphatic heterocycles. The van der Waals surface area contributed by atoms with Gasteiger partial charge in [-0.1, -0.05) is 24.3 Å². The molecule has 4 heteroatoms. The fourth-order valence-corrected chi connectivity index (χ4v) is 2.79. The third-order valence-corrected chi connectivity index (χ3v) is 4.19. The summed E-state index contributed by atoms with van der Waals surface area (Å²) in [5.74, 6) is 2.49. The van der Waals surface area contributed by atoms with Crippen LogP contribution in [0.15, 0.2) is 78.9 Å². The molecule has 0 unspecified atom stereocenters. The van der Waals surface area contributed by atoms with Crippen molar-refractivity contribution in [3.63, 3.8) is 0 Å². The molecule has 131 valence electrons. The quantitative estimate of drug-likeness (QED) is 0.449. The second-order valence-corrected chi connectivity index (χ2v) is 6.00. The number of fused-ring (bicyclic) bond motifs is 1. The van der Waals surface area contributed by atoms with Crippen LogP contribution in [0.25, 0.3) is 10.8 Å². The lowest BCUT2D eigenvalue weighted by molar-refractivity contribution is 0.477. The van der Waals surface area contributed by atoms with Crippen molar-refractivity contribution in [2.75, 3.05) is 0 Å². The first-order chi connectivity index (χ1) is 13.8. The van der Waals surface area contributed by atoms with Crippen LogP contribution in [0, 0.1) is 28.7 Å². The van der Waals surface area contributed by atoms with Crippen molar-refractivity contribution in [3.05, 3.63) is 96.1 Å². The fourth-order valence-electron chi connectivity index (χ4n) is 2.79. The Kier molecular flexibility index (Phi) is 4.61. The van der Waals surface area contributed by atoms with E-state index in [1.807, 2.05) is 24.3 Å². The first kappa shape index (κ1) is 17.1. The van der Waals surface area contributed by atoms with E-state index >= 15 is 0 Å². The van der Waals surface area contributed by atoms with Crippen LogP contribution in [0.2, 0.25) is 0 Å². The van der Waals surface area contributed by atoms with Gasteiger partial charge in [-0.2, -0.15) is 10.5 Å². The van der Waals surface area contributed by atoms with Gasteiger partial charge in [-0.05, 0) is 54.6 Å². The highest BCUT2D eigenvalue weighted by atomic mass is 16.5. The lowest BCUT2D eigenvalue weighted by Gasteiger charge is -2.13. The molecule has 0 heterocycles. The van der Waals surface area contributed by atoms with Gasteiger partial charge in [0.2, 0.25) is 0 Å². The van der Waals surface area contributed by atoms with Gasteiger partial charge in [-0.25, -0.2) is 0 Å². The van der Waals surface area contributed by atoms with E-state index in [0.717, 1.165) is 10.8 Å². The molecule has 0 aliphatic carbocycles. The Labute approximate surface area is 162 Å². The molecule has 4 aromatic carbocycles. The zero-order valence-corrected chi connectivity index (χ0v) is 14.7. The molecular formula is C24H13N2O2. The Balaban J connectivity index is 1.67. The lowest BCUT2D eigenvalue weighted by Crippen LogP contribution is -1.90. The summed E-state index contributed by atoms with van der Waals surface area (Å²) in [5.41, 5.74) is 1.15. The van der Waals surface area contributed by atoms with Crippen molar-refractivity contribution in [1.82, 2.24) is 0 Å². The Bertz CT molecular complexity index is 1120. The summed E-state index contributed by atoms with van der Waals surface area (Å²) in [6.07, 6.45) is 0. The predicted molar refractivity (Wildman–Crippen MR) is 105 cm³/mol. The molecule has 0 aliphatic rings. The smallest absolute Gasteiger partial charge is 0.143 e. The van der Waals surface area contributed by atoms with Crippen LogP contribution >= 0.6 is 0 Å². The number of nitriles is 2. The summed E-state index contributed by atoms with van der Waals surface area (Å²) in [4.78, 5) is 0. The molecule has 1 radical (unpaired) electrons. The molecule has 4 rings (SSSR count). The molecule has 0 saturated carbocycles. The van der Waals surface area contributed by atoms with E-state index in [4.69, 9.17) is 20.0 Å². The predicted octanol–water partition coefficient (Wildman–Crippen LogP) is 5.97. The van der Waals surface area contributed by atoms with Crippen LogP contribution in [-0.2, 0) is 0 Å². The highest BCUT2D eigenvalue weighted by molar-refractivity contribution is 5.93. The maximum absolute atomic E-state index is 8.91. The standard InChI is InChI=1S/C24H13N2O2/c25-15-17-5-9-19(10-6-17)27-23-13-14-24(22-4-2-1-3-21(22)23)28-20-11-7-18(16-26)8-12-20/h1-13H. The van der Waals surface area contributed by atoms with Crippen LogP contribution in [-0.4, -0.2) is 0 Å². The summed E-state index contributed by atoms with van der Waals surface area (Å²) >= 11 is 0. The van der Waals surface area contributed by atoms with Gasteiger partial charge >= 0.3 is 0 Å². The van der Waals surface area contributed by atoms with Crippen molar-refractivity contribution in [2.24, 2.45) is 0 Å². The Morgan fingerprint density at radius 1 is 0.643 bits per heavy atom. The maximum Gasteiger partial charge on any atom is 0.143 e. The van der Waals surface area contributed by atoms with Crippen molar-refractivity contribution >= 4 is 10.8 Å². The molecule has 0 atom stereocenters. The third kappa shape index (κ3) is 3.49. The molecular weight excluding hydrogens is 348 g/mol. The second kappa shape index (κ2) is 7.53. The van der Waals surface area contributed by atoms with Crippen molar-refractivity contribution in [1.29, 1.82) is 10.5 Å². The minimum absolute atomic E-state index is 0.576. The Morgan fingerprint density at radius 2 is 1.18 bits per heavy atom.